The lowest BCUT2D eigenvalue weighted by Gasteiger charge is -2.28. The maximum atomic E-state index is 12.0. The van der Waals surface area contributed by atoms with Crippen LogP contribution in [0.2, 0.25) is 0 Å². The molecule has 2 atom stereocenters. The van der Waals surface area contributed by atoms with Crippen molar-refractivity contribution in [2.45, 2.75) is 63.8 Å². The summed E-state index contributed by atoms with van der Waals surface area (Å²) in [6.07, 6.45) is 9.28. The number of amides is 1. The number of hydrogen-bond acceptors (Lipinski definition) is 3. The van der Waals surface area contributed by atoms with Crippen LogP contribution >= 0.6 is 0 Å². The lowest BCUT2D eigenvalue weighted by atomic mass is 9.86. The summed E-state index contributed by atoms with van der Waals surface area (Å²) < 4.78 is 5.34. The van der Waals surface area contributed by atoms with Gasteiger partial charge in [0, 0.05) is 18.9 Å². The summed E-state index contributed by atoms with van der Waals surface area (Å²) in [5, 5.41) is 12.0. The molecule has 1 saturated heterocycles. The summed E-state index contributed by atoms with van der Waals surface area (Å²) in [7, 11) is 0. The first-order valence-corrected chi connectivity index (χ1v) is 8.26. The maximum Gasteiger partial charge on any atom is 0.326 e. The highest BCUT2D eigenvalue weighted by Crippen LogP contribution is 2.27. The Labute approximate surface area is 126 Å². The quantitative estimate of drug-likeness (QED) is 0.789. The van der Waals surface area contributed by atoms with E-state index in [2.05, 4.69) is 5.32 Å². The average molecular weight is 297 g/mol. The van der Waals surface area contributed by atoms with E-state index in [0.717, 1.165) is 19.3 Å². The molecular weight excluding hydrogens is 270 g/mol. The minimum Gasteiger partial charge on any atom is -0.480 e. The number of carbonyl (C=O) groups is 2. The Morgan fingerprint density at radius 1 is 1.14 bits per heavy atom. The maximum absolute atomic E-state index is 12.0. The molecule has 21 heavy (non-hydrogen) atoms. The van der Waals surface area contributed by atoms with E-state index in [1.54, 1.807) is 0 Å². The van der Waals surface area contributed by atoms with Crippen molar-refractivity contribution in [1.29, 1.82) is 0 Å². The van der Waals surface area contributed by atoms with Crippen molar-refractivity contribution < 1.29 is 19.4 Å². The van der Waals surface area contributed by atoms with Gasteiger partial charge in [0.15, 0.2) is 0 Å². The molecule has 1 amide bonds. The van der Waals surface area contributed by atoms with Crippen LogP contribution < -0.4 is 5.32 Å². The number of ether oxygens (including phenoxy) is 1. The molecule has 0 spiro atoms. The molecule has 5 nitrogen and oxygen atoms in total. The number of carboxylic acids is 1. The van der Waals surface area contributed by atoms with Crippen molar-refractivity contribution in [3.63, 3.8) is 0 Å². The van der Waals surface area contributed by atoms with Crippen LogP contribution in [-0.2, 0) is 14.3 Å². The van der Waals surface area contributed by atoms with Crippen LogP contribution in [0, 0.1) is 11.8 Å². The topological polar surface area (TPSA) is 75.6 Å². The third kappa shape index (κ3) is 5.30. The van der Waals surface area contributed by atoms with Gasteiger partial charge < -0.3 is 15.2 Å². The number of aliphatic carboxylic acids is 1. The van der Waals surface area contributed by atoms with E-state index < -0.39 is 12.0 Å². The predicted molar refractivity (Wildman–Crippen MR) is 78.9 cm³/mol. The molecular formula is C16H27NO4. The van der Waals surface area contributed by atoms with Crippen molar-refractivity contribution in [2.75, 3.05) is 13.2 Å². The third-order valence-corrected chi connectivity index (χ3v) is 4.75. The van der Waals surface area contributed by atoms with Gasteiger partial charge in [-0.3, -0.25) is 4.79 Å². The molecule has 2 rings (SSSR count). The Morgan fingerprint density at radius 2 is 1.90 bits per heavy atom. The van der Waals surface area contributed by atoms with Crippen molar-refractivity contribution in [1.82, 2.24) is 5.32 Å². The van der Waals surface area contributed by atoms with Crippen molar-refractivity contribution >= 4 is 11.9 Å². The molecule has 2 fully saturated rings. The van der Waals surface area contributed by atoms with Crippen molar-refractivity contribution in [3.05, 3.63) is 0 Å². The molecule has 0 aromatic heterocycles. The molecule has 0 bridgehead atoms. The van der Waals surface area contributed by atoms with Crippen LogP contribution in [0.15, 0.2) is 0 Å². The van der Waals surface area contributed by atoms with E-state index in [1.807, 2.05) is 0 Å². The second kappa shape index (κ2) is 8.37. The van der Waals surface area contributed by atoms with Gasteiger partial charge >= 0.3 is 5.97 Å². The number of nitrogens with one attached hydrogen (secondary N) is 1. The Hall–Kier alpha value is -1.10. The summed E-state index contributed by atoms with van der Waals surface area (Å²) in [6, 6.07) is -0.802. The van der Waals surface area contributed by atoms with E-state index >= 15 is 0 Å². The van der Waals surface area contributed by atoms with Gasteiger partial charge in [-0.1, -0.05) is 32.1 Å². The normalized spacial score (nSPS) is 25.2. The molecule has 0 aromatic carbocycles. The summed E-state index contributed by atoms with van der Waals surface area (Å²) >= 11 is 0. The lowest BCUT2D eigenvalue weighted by molar-refractivity contribution is -0.145. The molecule has 2 aliphatic rings. The van der Waals surface area contributed by atoms with Gasteiger partial charge in [0.2, 0.25) is 5.91 Å². The highest BCUT2D eigenvalue weighted by atomic mass is 16.5. The molecule has 1 saturated carbocycles. The molecule has 120 valence electrons. The Morgan fingerprint density at radius 3 is 2.52 bits per heavy atom. The Kier molecular flexibility index (Phi) is 6.49. The van der Waals surface area contributed by atoms with Gasteiger partial charge in [-0.2, -0.15) is 0 Å². The Bertz CT molecular complexity index is 346. The van der Waals surface area contributed by atoms with E-state index in [9.17, 15) is 14.7 Å². The standard InChI is InChI=1S/C16H27NO4/c18-14(9-8-12-5-2-1-3-6-12)17-15(16(19)20)13-7-4-10-21-11-13/h12-13,15H,1-11H2,(H,17,18)(H,19,20). The average Bonchev–Trinajstić information content (AvgIpc) is 2.52. The minimum atomic E-state index is -0.948. The lowest BCUT2D eigenvalue weighted by Crippen LogP contribution is -2.48. The highest BCUT2D eigenvalue weighted by molar-refractivity contribution is 5.83. The second-order valence-electron chi connectivity index (χ2n) is 6.40. The fourth-order valence-electron chi connectivity index (χ4n) is 3.47. The smallest absolute Gasteiger partial charge is 0.326 e. The van der Waals surface area contributed by atoms with E-state index in [4.69, 9.17) is 4.74 Å². The molecule has 5 heteroatoms. The fraction of sp³-hybridized carbons (Fsp3) is 0.875. The number of carbonyl (C=O) groups excluding carboxylic acids is 1. The molecule has 2 N–H and O–H groups in total. The first kappa shape index (κ1) is 16.3. The molecule has 1 heterocycles. The molecule has 0 aromatic rings. The summed E-state index contributed by atoms with van der Waals surface area (Å²) in [5.41, 5.74) is 0. The van der Waals surface area contributed by atoms with Gasteiger partial charge in [-0.25, -0.2) is 4.79 Å². The van der Waals surface area contributed by atoms with Crippen LogP contribution in [0.1, 0.15) is 57.8 Å². The van der Waals surface area contributed by atoms with Crippen molar-refractivity contribution in [2.24, 2.45) is 11.8 Å². The number of hydrogen-bond donors (Lipinski definition) is 2. The first-order chi connectivity index (χ1) is 10.2. The predicted octanol–water partition coefficient (Wildman–Crippen LogP) is 2.34. The summed E-state index contributed by atoms with van der Waals surface area (Å²) in [4.78, 5) is 23.4. The zero-order chi connectivity index (χ0) is 15.1. The van der Waals surface area contributed by atoms with Gasteiger partial charge in [-0.15, -0.1) is 0 Å². The monoisotopic (exact) mass is 297 g/mol. The van der Waals surface area contributed by atoms with Crippen molar-refractivity contribution in [3.8, 4) is 0 Å². The Balaban J connectivity index is 1.76. The highest BCUT2D eigenvalue weighted by Gasteiger charge is 2.31. The van der Waals surface area contributed by atoms with Crippen LogP contribution in [-0.4, -0.2) is 36.2 Å². The van der Waals surface area contributed by atoms with Gasteiger partial charge in [0.05, 0.1) is 6.61 Å². The number of carboxylic acid groups (broad SMARTS) is 1. The van der Waals surface area contributed by atoms with E-state index in [-0.39, 0.29) is 11.8 Å². The van der Waals surface area contributed by atoms with Gasteiger partial charge in [-0.05, 0) is 25.2 Å². The zero-order valence-corrected chi connectivity index (χ0v) is 12.7. The summed E-state index contributed by atoms with van der Waals surface area (Å²) in [5.74, 6) is -0.532. The summed E-state index contributed by atoms with van der Waals surface area (Å²) in [6.45, 7) is 1.12. The molecule has 1 aliphatic heterocycles. The van der Waals surface area contributed by atoms with Crippen LogP contribution in [0.5, 0.6) is 0 Å². The van der Waals surface area contributed by atoms with Crippen LogP contribution in [0.4, 0.5) is 0 Å². The molecule has 0 radical (unpaired) electrons. The fourth-order valence-corrected chi connectivity index (χ4v) is 3.47. The van der Waals surface area contributed by atoms with E-state index in [1.165, 1.54) is 32.1 Å². The minimum absolute atomic E-state index is 0.102. The van der Waals surface area contributed by atoms with Gasteiger partial charge in [0.25, 0.3) is 0 Å². The largest absolute Gasteiger partial charge is 0.480 e. The number of rotatable bonds is 6. The van der Waals surface area contributed by atoms with Gasteiger partial charge in [0.1, 0.15) is 6.04 Å². The second-order valence-corrected chi connectivity index (χ2v) is 6.40. The SMILES string of the molecule is O=C(CCC1CCCCC1)NC(C(=O)O)C1CCCOC1. The molecule has 1 aliphatic carbocycles. The third-order valence-electron chi connectivity index (χ3n) is 4.75. The van der Waals surface area contributed by atoms with Crippen LogP contribution in [0.25, 0.3) is 0 Å². The van der Waals surface area contributed by atoms with E-state index in [0.29, 0.717) is 25.6 Å². The first-order valence-electron chi connectivity index (χ1n) is 8.26. The zero-order valence-electron chi connectivity index (χ0n) is 12.7. The molecule has 2 unspecified atom stereocenters. The van der Waals surface area contributed by atoms with Crippen LogP contribution in [0.3, 0.4) is 0 Å².